The molecule has 0 atom stereocenters. The van der Waals surface area contributed by atoms with Gasteiger partial charge >= 0.3 is 0 Å². The standard InChI is InChI=1S/C18H19N3O2S/c22-17(15-3-1-2-4-16(15)24)20-14-7-11-21(12-8-14)18(23)13-5-9-19-10-6-13/h1-6,9-10,14,24H,7-8,11-12H2,(H,20,22). The molecule has 0 bridgehead atoms. The van der Waals surface area contributed by atoms with E-state index in [0.29, 0.717) is 29.1 Å². The van der Waals surface area contributed by atoms with Crippen LogP contribution in [-0.4, -0.2) is 40.8 Å². The van der Waals surface area contributed by atoms with Crippen molar-refractivity contribution in [2.45, 2.75) is 23.8 Å². The van der Waals surface area contributed by atoms with Gasteiger partial charge in [0.15, 0.2) is 0 Å². The van der Waals surface area contributed by atoms with Crippen molar-refractivity contribution in [1.29, 1.82) is 0 Å². The van der Waals surface area contributed by atoms with Crippen molar-refractivity contribution in [1.82, 2.24) is 15.2 Å². The Morgan fingerprint density at radius 1 is 1.08 bits per heavy atom. The molecular formula is C18H19N3O2S. The second kappa shape index (κ2) is 7.49. The average molecular weight is 341 g/mol. The zero-order valence-electron chi connectivity index (χ0n) is 13.2. The minimum atomic E-state index is -0.112. The summed E-state index contributed by atoms with van der Waals surface area (Å²) in [5, 5.41) is 3.04. The summed E-state index contributed by atoms with van der Waals surface area (Å²) in [4.78, 5) is 31.1. The van der Waals surface area contributed by atoms with E-state index in [1.165, 1.54) is 0 Å². The molecule has 1 aliphatic heterocycles. The number of rotatable bonds is 3. The molecule has 1 aromatic heterocycles. The average Bonchev–Trinajstić information content (AvgIpc) is 2.63. The van der Waals surface area contributed by atoms with Gasteiger partial charge < -0.3 is 10.2 Å². The maximum absolute atomic E-state index is 12.4. The maximum Gasteiger partial charge on any atom is 0.253 e. The smallest absolute Gasteiger partial charge is 0.253 e. The molecule has 2 amide bonds. The van der Waals surface area contributed by atoms with Crippen LogP contribution in [0.1, 0.15) is 33.6 Å². The van der Waals surface area contributed by atoms with E-state index in [0.717, 1.165) is 12.8 Å². The number of likely N-dealkylation sites (tertiary alicyclic amines) is 1. The Morgan fingerprint density at radius 2 is 1.75 bits per heavy atom. The van der Waals surface area contributed by atoms with Crippen LogP contribution in [0.4, 0.5) is 0 Å². The van der Waals surface area contributed by atoms with Crippen LogP contribution in [0.25, 0.3) is 0 Å². The number of hydrogen-bond donors (Lipinski definition) is 2. The van der Waals surface area contributed by atoms with E-state index in [9.17, 15) is 9.59 Å². The Morgan fingerprint density at radius 3 is 2.42 bits per heavy atom. The van der Waals surface area contributed by atoms with Gasteiger partial charge in [-0.3, -0.25) is 14.6 Å². The van der Waals surface area contributed by atoms with Crippen molar-refractivity contribution in [3.8, 4) is 0 Å². The summed E-state index contributed by atoms with van der Waals surface area (Å²) in [5.74, 6) is -0.0950. The molecule has 0 spiro atoms. The molecule has 5 nitrogen and oxygen atoms in total. The van der Waals surface area contributed by atoms with E-state index in [2.05, 4.69) is 22.9 Å². The fraction of sp³-hybridized carbons (Fsp3) is 0.278. The summed E-state index contributed by atoms with van der Waals surface area (Å²) in [7, 11) is 0. The molecule has 2 heterocycles. The van der Waals surface area contributed by atoms with Gasteiger partial charge in [0.2, 0.25) is 0 Å². The van der Waals surface area contributed by atoms with Crippen LogP contribution in [-0.2, 0) is 0 Å². The van der Waals surface area contributed by atoms with E-state index in [1.54, 1.807) is 36.7 Å². The predicted molar refractivity (Wildman–Crippen MR) is 94.3 cm³/mol. The van der Waals surface area contributed by atoms with Crippen molar-refractivity contribution in [2.75, 3.05) is 13.1 Å². The van der Waals surface area contributed by atoms with E-state index >= 15 is 0 Å². The number of pyridine rings is 1. The summed E-state index contributed by atoms with van der Waals surface area (Å²) < 4.78 is 0. The number of carbonyl (C=O) groups is 2. The van der Waals surface area contributed by atoms with Gasteiger partial charge in [-0.25, -0.2) is 0 Å². The highest BCUT2D eigenvalue weighted by Gasteiger charge is 2.25. The largest absolute Gasteiger partial charge is 0.349 e. The first-order valence-corrected chi connectivity index (χ1v) is 8.38. The van der Waals surface area contributed by atoms with Crippen molar-refractivity contribution >= 4 is 24.4 Å². The van der Waals surface area contributed by atoms with Crippen LogP contribution in [0.5, 0.6) is 0 Å². The molecule has 24 heavy (non-hydrogen) atoms. The second-order valence-electron chi connectivity index (χ2n) is 5.79. The summed E-state index contributed by atoms with van der Waals surface area (Å²) in [6.07, 6.45) is 4.73. The van der Waals surface area contributed by atoms with Crippen LogP contribution in [0.3, 0.4) is 0 Å². The van der Waals surface area contributed by atoms with Gasteiger partial charge in [0.25, 0.3) is 11.8 Å². The molecule has 1 aliphatic rings. The fourth-order valence-corrected chi connectivity index (χ4v) is 3.09. The van der Waals surface area contributed by atoms with Gasteiger partial charge in [0.05, 0.1) is 5.56 Å². The molecule has 0 aliphatic carbocycles. The Labute approximate surface area is 146 Å². The summed E-state index contributed by atoms with van der Waals surface area (Å²) in [6, 6.07) is 10.8. The summed E-state index contributed by atoms with van der Waals surface area (Å²) in [5.41, 5.74) is 1.23. The van der Waals surface area contributed by atoms with E-state index in [-0.39, 0.29) is 17.9 Å². The number of piperidine rings is 1. The molecule has 0 saturated carbocycles. The third-order valence-corrected chi connectivity index (χ3v) is 4.58. The highest BCUT2D eigenvalue weighted by atomic mass is 32.1. The lowest BCUT2D eigenvalue weighted by atomic mass is 10.0. The van der Waals surface area contributed by atoms with Gasteiger partial charge in [-0.05, 0) is 37.1 Å². The third-order valence-electron chi connectivity index (χ3n) is 4.19. The first-order valence-electron chi connectivity index (χ1n) is 7.93. The molecule has 0 unspecified atom stereocenters. The number of carbonyl (C=O) groups excluding carboxylic acids is 2. The number of aromatic nitrogens is 1. The number of nitrogens with one attached hydrogen (secondary N) is 1. The van der Waals surface area contributed by atoms with Crippen LogP contribution < -0.4 is 5.32 Å². The maximum atomic E-state index is 12.4. The van der Waals surface area contributed by atoms with Crippen LogP contribution >= 0.6 is 12.6 Å². The molecule has 2 aromatic rings. The minimum Gasteiger partial charge on any atom is -0.349 e. The lowest BCUT2D eigenvalue weighted by molar-refractivity contribution is 0.0697. The lowest BCUT2D eigenvalue weighted by Crippen LogP contribution is -2.46. The van der Waals surface area contributed by atoms with E-state index in [1.807, 2.05) is 17.0 Å². The fourth-order valence-electron chi connectivity index (χ4n) is 2.83. The zero-order valence-corrected chi connectivity index (χ0v) is 14.1. The van der Waals surface area contributed by atoms with Crippen LogP contribution in [0, 0.1) is 0 Å². The molecule has 1 aromatic carbocycles. The Balaban J connectivity index is 1.55. The lowest BCUT2D eigenvalue weighted by Gasteiger charge is -2.32. The number of thiol groups is 1. The highest BCUT2D eigenvalue weighted by molar-refractivity contribution is 7.80. The Kier molecular flexibility index (Phi) is 5.15. The predicted octanol–water partition coefficient (Wildman–Crippen LogP) is 2.40. The molecule has 6 heteroatoms. The molecule has 1 saturated heterocycles. The Hall–Kier alpha value is -2.34. The molecule has 1 N–H and O–H groups in total. The molecule has 1 fully saturated rings. The van der Waals surface area contributed by atoms with Crippen molar-refractivity contribution in [2.24, 2.45) is 0 Å². The van der Waals surface area contributed by atoms with Crippen molar-refractivity contribution in [3.63, 3.8) is 0 Å². The zero-order chi connectivity index (χ0) is 16.9. The van der Waals surface area contributed by atoms with Gasteiger partial charge in [0, 0.05) is 42.0 Å². The summed E-state index contributed by atoms with van der Waals surface area (Å²) in [6.45, 7) is 1.27. The molecule has 0 radical (unpaired) electrons. The first kappa shape index (κ1) is 16.5. The third kappa shape index (κ3) is 3.76. The molecule has 124 valence electrons. The number of hydrogen-bond acceptors (Lipinski definition) is 4. The van der Waals surface area contributed by atoms with Gasteiger partial charge in [-0.15, -0.1) is 12.6 Å². The second-order valence-corrected chi connectivity index (χ2v) is 6.27. The number of nitrogens with zero attached hydrogens (tertiary/aromatic N) is 2. The highest BCUT2D eigenvalue weighted by Crippen LogP contribution is 2.16. The van der Waals surface area contributed by atoms with Crippen molar-refractivity contribution in [3.05, 3.63) is 59.9 Å². The molecule has 3 rings (SSSR count). The quantitative estimate of drug-likeness (QED) is 0.843. The van der Waals surface area contributed by atoms with Gasteiger partial charge in [-0.2, -0.15) is 0 Å². The monoisotopic (exact) mass is 341 g/mol. The normalized spacial score (nSPS) is 15.1. The van der Waals surface area contributed by atoms with Crippen LogP contribution in [0.15, 0.2) is 53.7 Å². The van der Waals surface area contributed by atoms with Gasteiger partial charge in [-0.1, -0.05) is 12.1 Å². The van der Waals surface area contributed by atoms with E-state index in [4.69, 9.17) is 0 Å². The summed E-state index contributed by atoms with van der Waals surface area (Å²) >= 11 is 4.32. The van der Waals surface area contributed by atoms with Crippen LogP contribution in [0.2, 0.25) is 0 Å². The molecular weight excluding hydrogens is 322 g/mol. The topological polar surface area (TPSA) is 62.3 Å². The number of amides is 2. The minimum absolute atomic E-state index is 0.0166. The van der Waals surface area contributed by atoms with Gasteiger partial charge in [0.1, 0.15) is 0 Å². The van der Waals surface area contributed by atoms with Crippen molar-refractivity contribution < 1.29 is 9.59 Å². The van der Waals surface area contributed by atoms with E-state index < -0.39 is 0 Å². The number of benzene rings is 1. The Bertz CT molecular complexity index is 728. The first-order chi connectivity index (χ1) is 11.6. The SMILES string of the molecule is O=C(NC1CCN(C(=O)c2ccncc2)CC1)c1ccccc1S.